The summed E-state index contributed by atoms with van der Waals surface area (Å²) in [6.07, 6.45) is 1.31. The highest BCUT2D eigenvalue weighted by atomic mass is 32.2. The first-order valence-corrected chi connectivity index (χ1v) is 7.98. The van der Waals surface area contributed by atoms with Crippen molar-refractivity contribution in [2.24, 2.45) is 0 Å². The number of amides is 1. The Kier molecular flexibility index (Phi) is 5.50. The molecule has 0 unspecified atom stereocenters. The van der Waals surface area contributed by atoms with Crippen LogP contribution in [0.1, 0.15) is 19.8 Å². The van der Waals surface area contributed by atoms with Gasteiger partial charge in [-0.2, -0.15) is 0 Å². The van der Waals surface area contributed by atoms with Gasteiger partial charge in [-0.3, -0.25) is 4.79 Å². The smallest absolute Gasteiger partial charge is 0.326 e. The molecule has 1 aliphatic rings. The van der Waals surface area contributed by atoms with E-state index in [9.17, 15) is 9.59 Å². The summed E-state index contributed by atoms with van der Waals surface area (Å²) >= 11 is 1.42. The number of carbonyl (C=O) groups excluding carboxylic acids is 1. The van der Waals surface area contributed by atoms with Crippen molar-refractivity contribution in [3.63, 3.8) is 0 Å². The molecule has 1 fully saturated rings. The van der Waals surface area contributed by atoms with Gasteiger partial charge in [0.15, 0.2) is 0 Å². The van der Waals surface area contributed by atoms with Gasteiger partial charge in [0.2, 0.25) is 5.91 Å². The Bertz CT molecular complexity index is 503. The number of rotatable bonds is 6. The summed E-state index contributed by atoms with van der Waals surface area (Å²) in [5.74, 6) is 0.0435. The van der Waals surface area contributed by atoms with Crippen molar-refractivity contribution in [3.05, 3.63) is 24.3 Å². The number of carboxylic acid groups (broad SMARTS) is 1. The van der Waals surface area contributed by atoms with Gasteiger partial charge >= 0.3 is 5.97 Å². The van der Waals surface area contributed by atoms with E-state index < -0.39 is 12.0 Å². The molecule has 1 heterocycles. The Morgan fingerprint density at radius 2 is 2.10 bits per heavy atom. The van der Waals surface area contributed by atoms with Gasteiger partial charge in [0.05, 0.1) is 12.4 Å². The minimum absolute atomic E-state index is 0.112. The lowest BCUT2D eigenvalue weighted by Crippen LogP contribution is -2.41. The summed E-state index contributed by atoms with van der Waals surface area (Å²) in [6.45, 7) is 3.09. The molecule has 1 N–H and O–H groups in total. The average Bonchev–Trinajstić information content (AvgIpc) is 2.96. The lowest BCUT2D eigenvalue weighted by atomic mass is 10.2. The molecule has 2 rings (SSSR count). The molecule has 0 radical (unpaired) electrons. The second kappa shape index (κ2) is 7.36. The Morgan fingerprint density at radius 3 is 2.71 bits per heavy atom. The van der Waals surface area contributed by atoms with Gasteiger partial charge in [-0.25, -0.2) is 4.79 Å². The van der Waals surface area contributed by atoms with Crippen molar-refractivity contribution in [2.75, 3.05) is 18.9 Å². The fourth-order valence-electron chi connectivity index (χ4n) is 2.35. The number of nitrogens with zero attached hydrogens (tertiary/aromatic N) is 1. The minimum Gasteiger partial charge on any atom is -0.494 e. The Hall–Kier alpha value is -1.69. The average molecular weight is 309 g/mol. The topological polar surface area (TPSA) is 66.8 Å². The molecule has 114 valence electrons. The van der Waals surface area contributed by atoms with E-state index in [2.05, 4.69) is 0 Å². The number of thioether (sulfide) groups is 1. The maximum atomic E-state index is 12.1. The maximum absolute atomic E-state index is 12.1. The van der Waals surface area contributed by atoms with Crippen LogP contribution in [0, 0.1) is 0 Å². The molecule has 1 aliphatic heterocycles. The highest BCUT2D eigenvalue weighted by molar-refractivity contribution is 8.00. The molecule has 5 nitrogen and oxygen atoms in total. The van der Waals surface area contributed by atoms with Gasteiger partial charge in [0, 0.05) is 11.4 Å². The predicted molar refractivity (Wildman–Crippen MR) is 80.7 cm³/mol. The molecule has 0 aromatic heterocycles. The van der Waals surface area contributed by atoms with Crippen LogP contribution in [0.5, 0.6) is 5.75 Å². The van der Waals surface area contributed by atoms with Gasteiger partial charge in [-0.1, -0.05) is 0 Å². The molecule has 1 atom stereocenters. The van der Waals surface area contributed by atoms with E-state index in [-0.39, 0.29) is 11.7 Å². The summed E-state index contributed by atoms with van der Waals surface area (Å²) in [7, 11) is 0. The highest BCUT2D eigenvalue weighted by Gasteiger charge is 2.33. The number of likely N-dealkylation sites (tertiary alicyclic amines) is 1. The summed E-state index contributed by atoms with van der Waals surface area (Å²) in [4.78, 5) is 25.6. The fraction of sp³-hybridized carbons (Fsp3) is 0.467. The van der Waals surface area contributed by atoms with Crippen molar-refractivity contribution in [2.45, 2.75) is 30.7 Å². The summed E-state index contributed by atoms with van der Waals surface area (Å²) in [5, 5.41) is 9.08. The number of carboxylic acids is 1. The van der Waals surface area contributed by atoms with Crippen molar-refractivity contribution < 1.29 is 19.4 Å². The third-order valence-corrected chi connectivity index (χ3v) is 4.35. The van der Waals surface area contributed by atoms with E-state index in [1.165, 1.54) is 16.7 Å². The monoisotopic (exact) mass is 309 g/mol. The summed E-state index contributed by atoms with van der Waals surface area (Å²) in [6, 6.07) is 6.89. The van der Waals surface area contributed by atoms with Crippen LogP contribution < -0.4 is 4.74 Å². The van der Waals surface area contributed by atoms with Crippen molar-refractivity contribution >= 4 is 23.6 Å². The largest absolute Gasteiger partial charge is 0.494 e. The number of ether oxygens (including phenoxy) is 1. The first kappa shape index (κ1) is 15.7. The minimum atomic E-state index is -0.910. The molecule has 0 aliphatic carbocycles. The van der Waals surface area contributed by atoms with Crippen LogP contribution in [-0.4, -0.2) is 46.8 Å². The Labute approximate surface area is 128 Å². The molecule has 1 aromatic carbocycles. The molecule has 1 aromatic rings. The standard InChI is InChI=1S/C15H19NO4S/c1-2-20-11-5-7-12(8-6-11)21-10-14(17)16-9-3-4-13(16)15(18)19/h5-8,13H,2-4,9-10H2,1H3,(H,18,19)/t13-/m0/s1. The van der Waals surface area contributed by atoms with Crippen molar-refractivity contribution in [1.29, 1.82) is 0 Å². The third-order valence-electron chi connectivity index (χ3n) is 3.36. The van der Waals surface area contributed by atoms with Crippen LogP contribution >= 0.6 is 11.8 Å². The van der Waals surface area contributed by atoms with E-state index in [4.69, 9.17) is 9.84 Å². The van der Waals surface area contributed by atoms with Gasteiger partial charge in [-0.15, -0.1) is 11.8 Å². The third kappa shape index (κ3) is 4.14. The van der Waals surface area contributed by atoms with Gasteiger partial charge in [0.1, 0.15) is 11.8 Å². The second-order valence-electron chi connectivity index (χ2n) is 4.78. The number of aliphatic carboxylic acids is 1. The second-order valence-corrected chi connectivity index (χ2v) is 5.83. The number of hydrogen-bond donors (Lipinski definition) is 1. The van der Waals surface area contributed by atoms with E-state index in [0.717, 1.165) is 17.1 Å². The van der Waals surface area contributed by atoms with E-state index in [1.807, 2.05) is 31.2 Å². The van der Waals surface area contributed by atoms with Crippen molar-refractivity contribution in [1.82, 2.24) is 4.90 Å². The molecular formula is C15H19NO4S. The predicted octanol–water partition coefficient (Wildman–Crippen LogP) is 2.25. The first-order chi connectivity index (χ1) is 10.1. The number of benzene rings is 1. The Balaban J connectivity index is 1.87. The van der Waals surface area contributed by atoms with Crippen LogP contribution in [0.4, 0.5) is 0 Å². The molecule has 0 bridgehead atoms. The molecule has 21 heavy (non-hydrogen) atoms. The van der Waals surface area contributed by atoms with Crippen LogP contribution in [0.2, 0.25) is 0 Å². The highest BCUT2D eigenvalue weighted by Crippen LogP contribution is 2.24. The van der Waals surface area contributed by atoms with E-state index in [0.29, 0.717) is 19.6 Å². The summed E-state index contributed by atoms with van der Waals surface area (Å²) in [5.41, 5.74) is 0. The maximum Gasteiger partial charge on any atom is 0.326 e. The first-order valence-electron chi connectivity index (χ1n) is 6.99. The van der Waals surface area contributed by atoms with Gasteiger partial charge in [-0.05, 0) is 44.0 Å². The fourth-order valence-corrected chi connectivity index (χ4v) is 3.13. The van der Waals surface area contributed by atoms with Gasteiger partial charge < -0.3 is 14.7 Å². The Morgan fingerprint density at radius 1 is 1.38 bits per heavy atom. The summed E-state index contributed by atoms with van der Waals surface area (Å²) < 4.78 is 5.36. The normalized spacial score (nSPS) is 17.8. The van der Waals surface area contributed by atoms with Crippen LogP contribution in [0.15, 0.2) is 29.2 Å². The molecule has 1 amide bonds. The van der Waals surface area contributed by atoms with E-state index >= 15 is 0 Å². The molecule has 6 heteroatoms. The van der Waals surface area contributed by atoms with E-state index in [1.54, 1.807) is 0 Å². The quantitative estimate of drug-likeness (QED) is 0.816. The lowest BCUT2D eigenvalue weighted by molar-refractivity contribution is -0.147. The van der Waals surface area contributed by atoms with Gasteiger partial charge in [0.25, 0.3) is 0 Å². The zero-order valence-electron chi connectivity index (χ0n) is 11.9. The lowest BCUT2D eigenvalue weighted by Gasteiger charge is -2.21. The van der Waals surface area contributed by atoms with Crippen LogP contribution in [0.25, 0.3) is 0 Å². The van der Waals surface area contributed by atoms with Crippen molar-refractivity contribution in [3.8, 4) is 5.75 Å². The molecule has 0 saturated carbocycles. The van der Waals surface area contributed by atoms with Crippen LogP contribution in [-0.2, 0) is 9.59 Å². The SMILES string of the molecule is CCOc1ccc(SCC(=O)N2CCC[C@H]2C(=O)O)cc1. The molecule has 0 spiro atoms. The number of hydrogen-bond acceptors (Lipinski definition) is 4. The zero-order chi connectivity index (χ0) is 15.2. The molecule has 1 saturated heterocycles. The molecular weight excluding hydrogens is 290 g/mol. The van der Waals surface area contributed by atoms with Crippen LogP contribution in [0.3, 0.4) is 0 Å². The zero-order valence-corrected chi connectivity index (χ0v) is 12.8. The number of carbonyl (C=O) groups is 2.